The molecule has 1 aromatic carbocycles. The molecule has 3 heteroatoms. The maximum Gasteiger partial charge on any atom is 0.170 e. The third-order valence-corrected chi connectivity index (χ3v) is 4.89. The van der Waals surface area contributed by atoms with Crippen LogP contribution in [-0.2, 0) is 0 Å². The number of ketones is 1. The highest BCUT2D eigenvalue weighted by Gasteiger charge is 2.33. The van der Waals surface area contributed by atoms with Gasteiger partial charge in [0.05, 0.1) is 6.61 Å². The van der Waals surface area contributed by atoms with E-state index in [1.165, 1.54) is 19.3 Å². The average Bonchev–Trinajstić information content (AvgIpc) is 2.52. The molecule has 0 N–H and O–H groups in total. The van der Waals surface area contributed by atoms with Crippen molar-refractivity contribution >= 4 is 5.78 Å². The Balaban J connectivity index is 2.17. The Morgan fingerprint density at radius 1 is 1.12 bits per heavy atom. The van der Waals surface area contributed by atoms with E-state index in [0.717, 1.165) is 48.5 Å². The van der Waals surface area contributed by atoms with Crippen LogP contribution in [0.3, 0.4) is 0 Å². The summed E-state index contributed by atoms with van der Waals surface area (Å²) in [4.78, 5) is 15.7. The van der Waals surface area contributed by atoms with Gasteiger partial charge in [0.25, 0.3) is 0 Å². The first-order valence-electron chi connectivity index (χ1n) is 9.36. The Hall–Kier alpha value is -1.35. The van der Waals surface area contributed by atoms with Crippen LogP contribution in [0, 0.1) is 19.3 Å². The molecule has 1 fully saturated rings. The normalized spacial score (nSPS) is 16.2. The van der Waals surface area contributed by atoms with Gasteiger partial charge in [-0.1, -0.05) is 27.2 Å². The van der Waals surface area contributed by atoms with Crippen LogP contribution in [0.2, 0.25) is 0 Å². The largest absolute Gasteiger partial charge is 0.494 e. The molecule has 1 saturated heterocycles. The van der Waals surface area contributed by atoms with Gasteiger partial charge in [-0.2, -0.15) is 0 Å². The number of aryl methyl sites for hydroxylation is 2. The van der Waals surface area contributed by atoms with Crippen LogP contribution in [0.4, 0.5) is 0 Å². The smallest absolute Gasteiger partial charge is 0.170 e. The van der Waals surface area contributed by atoms with Crippen molar-refractivity contribution in [3.05, 3.63) is 28.8 Å². The summed E-state index contributed by atoms with van der Waals surface area (Å²) in [6.45, 7) is 14.1. The third-order valence-electron chi connectivity index (χ3n) is 4.89. The lowest BCUT2D eigenvalue weighted by Gasteiger charge is -2.34. The zero-order valence-corrected chi connectivity index (χ0v) is 16.1. The van der Waals surface area contributed by atoms with E-state index in [0.29, 0.717) is 6.61 Å². The van der Waals surface area contributed by atoms with Gasteiger partial charge in [0.2, 0.25) is 0 Å². The summed E-state index contributed by atoms with van der Waals surface area (Å²) < 4.78 is 5.74. The number of benzene rings is 1. The molecule has 0 saturated carbocycles. The lowest BCUT2D eigenvalue weighted by atomic mass is 9.80. The molecule has 1 heterocycles. The second-order valence-corrected chi connectivity index (χ2v) is 7.83. The van der Waals surface area contributed by atoms with Crippen molar-refractivity contribution in [1.82, 2.24) is 4.90 Å². The van der Waals surface area contributed by atoms with Gasteiger partial charge in [-0.05, 0) is 69.5 Å². The van der Waals surface area contributed by atoms with Gasteiger partial charge in [-0.15, -0.1) is 0 Å². The number of nitrogens with zero attached hydrogens (tertiary/aromatic N) is 1. The SMILES string of the molecule is CCCOc1cc(C)c(C(=O)C(C)(C)CN2CCCCC2)c(C)c1. The van der Waals surface area contributed by atoms with E-state index < -0.39 is 0 Å². The molecule has 1 aromatic rings. The van der Waals surface area contributed by atoms with E-state index in [4.69, 9.17) is 4.74 Å². The Morgan fingerprint density at radius 2 is 1.71 bits per heavy atom. The predicted octanol–water partition coefficient (Wildman–Crippen LogP) is 4.79. The fourth-order valence-corrected chi connectivity index (χ4v) is 3.67. The fourth-order valence-electron chi connectivity index (χ4n) is 3.67. The second-order valence-electron chi connectivity index (χ2n) is 7.83. The number of rotatable bonds is 7. The minimum absolute atomic E-state index is 0.255. The summed E-state index contributed by atoms with van der Waals surface area (Å²) in [5, 5.41) is 0. The third kappa shape index (κ3) is 4.60. The quantitative estimate of drug-likeness (QED) is 0.673. The molecule has 0 radical (unpaired) electrons. The molecule has 134 valence electrons. The molecule has 0 unspecified atom stereocenters. The summed E-state index contributed by atoms with van der Waals surface area (Å²) in [7, 11) is 0. The maximum absolute atomic E-state index is 13.2. The Bertz CT molecular complexity index is 548. The Kier molecular flexibility index (Phi) is 6.45. The highest BCUT2D eigenvalue weighted by Crippen LogP contribution is 2.30. The van der Waals surface area contributed by atoms with Gasteiger partial charge in [0, 0.05) is 17.5 Å². The average molecular weight is 332 g/mol. The number of piperidine rings is 1. The summed E-state index contributed by atoms with van der Waals surface area (Å²) >= 11 is 0. The Morgan fingerprint density at radius 3 is 2.25 bits per heavy atom. The highest BCUT2D eigenvalue weighted by molar-refractivity contribution is 6.02. The van der Waals surface area contributed by atoms with E-state index >= 15 is 0 Å². The van der Waals surface area contributed by atoms with Crippen LogP contribution in [0.25, 0.3) is 0 Å². The summed E-state index contributed by atoms with van der Waals surface area (Å²) in [6.07, 6.45) is 4.82. The number of ether oxygens (including phenoxy) is 1. The first kappa shape index (κ1) is 19.0. The number of hydrogen-bond donors (Lipinski definition) is 0. The lowest BCUT2D eigenvalue weighted by molar-refractivity contribution is 0.0743. The van der Waals surface area contributed by atoms with Crippen molar-refractivity contribution in [2.24, 2.45) is 5.41 Å². The molecule has 1 aliphatic rings. The molecule has 24 heavy (non-hydrogen) atoms. The summed E-state index contributed by atoms with van der Waals surface area (Å²) in [5.41, 5.74) is 2.56. The first-order valence-corrected chi connectivity index (χ1v) is 9.36. The molecule has 0 atom stereocenters. The number of carbonyl (C=O) groups is 1. The van der Waals surface area contributed by atoms with Crippen molar-refractivity contribution < 1.29 is 9.53 Å². The zero-order chi connectivity index (χ0) is 17.7. The van der Waals surface area contributed by atoms with Crippen LogP contribution in [-0.4, -0.2) is 36.9 Å². The van der Waals surface area contributed by atoms with Gasteiger partial charge in [-0.3, -0.25) is 4.79 Å². The number of Topliss-reactive ketones (excluding diaryl/α,β-unsaturated/α-hetero) is 1. The van der Waals surface area contributed by atoms with Crippen molar-refractivity contribution in [3.63, 3.8) is 0 Å². The van der Waals surface area contributed by atoms with Crippen molar-refractivity contribution in [2.45, 2.75) is 60.3 Å². The van der Waals surface area contributed by atoms with Crippen molar-refractivity contribution in [2.75, 3.05) is 26.2 Å². The van der Waals surface area contributed by atoms with Gasteiger partial charge >= 0.3 is 0 Å². The van der Waals surface area contributed by atoms with Crippen LogP contribution in [0.1, 0.15) is 67.9 Å². The minimum Gasteiger partial charge on any atom is -0.494 e. The van der Waals surface area contributed by atoms with E-state index in [1.54, 1.807) is 0 Å². The first-order chi connectivity index (χ1) is 11.3. The number of likely N-dealkylation sites (tertiary alicyclic amines) is 1. The van der Waals surface area contributed by atoms with Gasteiger partial charge in [0.15, 0.2) is 5.78 Å². The monoisotopic (exact) mass is 331 g/mol. The van der Waals surface area contributed by atoms with Crippen molar-refractivity contribution in [1.29, 1.82) is 0 Å². The number of carbonyl (C=O) groups excluding carboxylic acids is 1. The molecular formula is C21H33NO2. The fraction of sp³-hybridized carbons (Fsp3) is 0.667. The van der Waals surface area contributed by atoms with E-state index in [9.17, 15) is 4.79 Å². The van der Waals surface area contributed by atoms with Crippen LogP contribution in [0.15, 0.2) is 12.1 Å². The van der Waals surface area contributed by atoms with Crippen LogP contribution in [0.5, 0.6) is 5.75 Å². The van der Waals surface area contributed by atoms with E-state index in [1.807, 2.05) is 26.0 Å². The summed E-state index contributed by atoms with van der Waals surface area (Å²) in [6, 6.07) is 4.01. The molecule has 0 spiro atoms. The zero-order valence-electron chi connectivity index (χ0n) is 16.1. The van der Waals surface area contributed by atoms with Crippen LogP contribution < -0.4 is 4.74 Å². The molecule has 2 rings (SSSR count). The molecule has 0 aliphatic carbocycles. The predicted molar refractivity (Wildman–Crippen MR) is 100 cm³/mol. The molecule has 1 aliphatic heterocycles. The van der Waals surface area contributed by atoms with E-state index in [-0.39, 0.29) is 11.2 Å². The number of hydrogen-bond acceptors (Lipinski definition) is 3. The molecule has 3 nitrogen and oxygen atoms in total. The summed E-state index contributed by atoms with van der Waals surface area (Å²) in [5.74, 6) is 1.13. The Labute approximate surface area is 147 Å². The minimum atomic E-state index is -0.362. The standard InChI is InChI=1S/C21H33NO2/c1-6-12-24-18-13-16(2)19(17(3)14-18)20(23)21(4,5)15-22-10-8-7-9-11-22/h13-14H,6-12,15H2,1-5H3. The molecule has 0 aromatic heterocycles. The molecule has 0 amide bonds. The lowest BCUT2D eigenvalue weighted by Crippen LogP contribution is -2.42. The maximum atomic E-state index is 13.2. The van der Waals surface area contributed by atoms with Crippen molar-refractivity contribution in [3.8, 4) is 5.75 Å². The van der Waals surface area contributed by atoms with Gasteiger partial charge in [0.1, 0.15) is 5.75 Å². The highest BCUT2D eigenvalue weighted by atomic mass is 16.5. The molecule has 0 bridgehead atoms. The van der Waals surface area contributed by atoms with Gasteiger partial charge in [-0.25, -0.2) is 0 Å². The molecular weight excluding hydrogens is 298 g/mol. The second kappa shape index (κ2) is 8.15. The van der Waals surface area contributed by atoms with E-state index in [2.05, 4.69) is 25.7 Å². The topological polar surface area (TPSA) is 29.5 Å². The van der Waals surface area contributed by atoms with Gasteiger partial charge < -0.3 is 9.64 Å². The van der Waals surface area contributed by atoms with Crippen LogP contribution >= 0.6 is 0 Å².